The predicted molar refractivity (Wildman–Crippen MR) is 102 cm³/mol. The van der Waals surface area contributed by atoms with Gasteiger partial charge in [0.15, 0.2) is 0 Å². The molecular weight excluding hydrogens is 326 g/mol. The van der Waals surface area contributed by atoms with Crippen LogP contribution in [-0.2, 0) is 17.8 Å². The summed E-state index contributed by atoms with van der Waals surface area (Å²) in [4.78, 5) is 16.1. The predicted octanol–water partition coefficient (Wildman–Crippen LogP) is 3.17. The number of carbonyl (C=O) groups excluding carboxylic acids is 1. The van der Waals surface area contributed by atoms with E-state index < -0.39 is 6.04 Å². The van der Waals surface area contributed by atoms with Gasteiger partial charge in [0, 0.05) is 18.1 Å². The molecule has 0 bridgehead atoms. The number of pyridine rings is 1. The van der Waals surface area contributed by atoms with Crippen LogP contribution in [0.2, 0.25) is 0 Å². The second-order valence-corrected chi connectivity index (χ2v) is 5.96. The zero-order chi connectivity index (χ0) is 18.2. The number of anilines is 1. The van der Waals surface area contributed by atoms with Gasteiger partial charge < -0.3 is 15.8 Å². The van der Waals surface area contributed by atoms with Gasteiger partial charge >= 0.3 is 0 Å². The summed E-state index contributed by atoms with van der Waals surface area (Å²) in [6.07, 6.45) is 3.67. The Morgan fingerprint density at radius 3 is 2.50 bits per heavy atom. The summed E-state index contributed by atoms with van der Waals surface area (Å²) < 4.78 is 5.82. The first-order valence-corrected chi connectivity index (χ1v) is 8.43. The topological polar surface area (TPSA) is 77.2 Å². The van der Waals surface area contributed by atoms with Crippen molar-refractivity contribution in [2.45, 2.75) is 19.1 Å². The van der Waals surface area contributed by atoms with E-state index in [2.05, 4.69) is 10.3 Å². The number of amides is 1. The highest BCUT2D eigenvalue weighted by Gasteiger charge is 2.14. The Bertz CT molecular complexity index is 838. The van der Waals surface area contributed by atoms with Crippen molar-refractivity contribution in [2.24, 2.45) is 5.73 Å². The van der Waals surface area contributed by atoms with Gasteiger partial charge in [0.25, 0.3) is 0 Å². The molecule has 3 aromatic rings. The van der Waals surface area contributed by atoms with Crippen LogP contribution >= 0.6 is 0 Å². The Hall–Kier alpha value is -3.18. The number of hydrogen-bond donors (Lipinski definition) is 2. The Kier molecular flexibility index (Phi) is 5.96. The number of nitrogens with two attached hydrogens (primary N) is 1. The highest BCUT2D eigenvalue weighted by atomic mass is 16.5. The molecule has 1 atom stereocenters. The molecule has 26 heavy (non-hydrogen) atoms. The van der Waals surface area contributed by atoms with Gasteiger partial charge in [0.2, 0.25) is 5.91 Å². The van der Waals surface area contributed by atoms with Crippen LogP contribution in [0.3, 0.4) is 0 Å². The Balaban J connectivity index is 1.56. The van der Waals surface area contributed by atoms with Crippen molar-refractivity contribution in [3.63, 3.8) is 0 Å². The molecule has 0 saturated heterocycles. The molecule has 0 aliphatic rings. The maximum Gasteiger partial charge on any atom is 0.241 e. The van der Waals surface area contributed by atoms with E-state index in [9.17, 15) is 4.79 Å². The fraction of sp³-hybridized carbons (Fsp3) is 0.143. The molecule has 2 aromatic carbocycles. The summed E-state index contributed by atoms with van der Waals surface area (Å²) in [5, 5.41) is 2.79. The SMILES string of the molecule is NC(Cc1cccc(OCc2ccccc2)c1)C(=O)Nc1ccncc1. The molecular formula is C21H21N3O2. The number of aromatic nitrogens is 1. The smallest absolute Gasteiger partial charge is 0.241 e. The second kappa shape index (κ2) is 8.78. The highest BCUT2D eigenvalue weighted by molar-refractivity contribution is 5.94. The quantitative estimate of drug-likeness (QED) is 0.688. The molecule has 1 amide bonds. The van der Waals surface area contributed by atoms with Gasteiger partial charge in [0.05, 0.1) is 6.04 Å². The molecule has 3 rings (SSSR count). The summed E-state index contributed by atoms with van der Waals surface area (Å²) in [7, 11) is 0. The summed E-state index contributed by atoms with van der Waals surface area (Å²) in [5.74, 6) is 0.528. The van der Waals surface area contributed by atoms with E-state index in [1.807, 2.05) is 54.6 Å². The van der Waals surface area contributed by atoms with Crippen molar-refractivity contribution in [2.75, 3.05) is 5.32 Å². The molecule has 0 radical (unpaired) electrons. The number of nitrogens with zero attached hydrogens (tertiary/aromatic N) is 1. The maximum atomic E-state index is 12.2. The molecule has 5 nitrogen and oxygen atoms in total. The number of rotatable bonds is 7. The van der Waals surface area contributed by atoms with Crippen molar-refractivity contribution in [3.05, 3.63) is 90.3 Å². The van der Waals surface area contributed by atoms with Crippen LogP contribution in [0.4, 0.5) is 5.69 Å². The van der Waals surface area contributed by atoms with Crippen LogP contribution in [0, 0.1) is 0 Å². The van der Waals surface area contributed by atoms with E-state index in [0.29, 0.717) is 18.7 Å². The minimum atomic E-state index is -0.646. The monoisotopic (exact) mass is 347 g/mol. The molecule has 0 aliphatic carbocycles. The van der Waals surface area contributed by atoms with Crippen molar-refractivity contribution in [3.8, 4) is 5.75 Å². The normalized spacial score (nSPS) is 11.6. The fourth-order valence-corrected chi connectivity index (χ4v) is 2.52. The molecule has 0 spiro atoms. The Morgan fingerprint density at radius 1 is 1.00 bits per heavy atom. The van der Waals surface area contributed by atoms with E-state index in [4.69, 9.17) is 10.5 Å². The van der Waals surface area contributed by atoms with E-state index in [1.165, 1.54) is 0 Å². The minimum Gasteiger partial charge on any atom is -0.489 e. The van der Waals surface area contributed by atoms with Gasteiger partial charge in [-0.1, -0.05) is 42.5 Å². The number of hydrogen-bond acceptors (Lipinski definition) is 4. The largest absolute Gasteiger partial charge is 0.489 e. The van der Waals surface area contributed by atoms with Crippen LogP contribution in [0.5, 0.6) is 5.75 Å². The molecule has 0 saturated carbocycles. The van der Waals surface area contributed by atoms with Crippen molar-refractivity contribution in [1.82, 2.24) is 4.98 Å². The lowest BCUT2D eigenvalue weighted by atomic mass is 10.1. The maximum absolute atomic E-state index is 12.2. The summed E-state index contributed by atoms with van der Waals surface area (Å²) >= 11 is 0. The number of benzene rings is 2. The number of nitrogens with one attached hydrogen (secondary N) is 1. The summed E-state index contributed by atoms with van der Waals surface area (Å²) in [5.41, 5.74) is 8.78. The third-order valence-electron chi connectivity index (χ3n) is 3.89. The third-order valence-corrected chi connectivity index (χ3v) is 3.89. The lowest BCUT2D eigenvalue weighted by Crippen LogP contribution is -2.37. The average molecular weight is 347 g/mol. The standard InChI is InChI=1S/C21H21N3O2/c22-20(21(25)24-18-9-11-23-12-10-18)14-17-7-4-8-19(13-17)26-15-16-5-2-1-3-6-16/h1-13,20H,14-15,22H2,(H,23,24,25). The number of carbonyl (C=O) groups is 1. The zero-order valence-electron chi connectivity index (χ0n) is 14.3. The van der Waals surface area contributed by atoms with Crippen LogP contribution in [-0.4, -0.2) is 16.9 Å². The van der Waals surface area contributed by atoms with Crippen LogP contribution in [0.1, 0.15) is 11.1 Å². The van der Waals surface area contributed by atoms with Crippen molar-refractivity contribution >= 4 is 11.6 Å². The number of ether oxygens (including phenoxy) is 1. The Morgan fingerprint density at radius 2 is 1.73 bits per heavy atom. The van der Waals surface area contributed by atoms with Crippen molar-refractivity contribution < 1.29 is 9.53 Å². The minimum absolute atomic E-state index is 0.230. The molecule has 0 fully saturated rings. The summed E-state index contributed by atoms with van der Waals surface area (Å²) in [6, 6.07) is 20.4. The van der Waals surface area contributed by atoms with E-state index in [1.54, 1.807) is 24.5 Å². The van der Waals surface area contributed by atoms with Gasteiger partial charge in [0.1, 0.15) is 12.4 Å². The Labute approximate surface area is 152 Å². The van der Waals surface area contributed by atoms with Gasteiger partial charge in [-0.25, -0.2) is 0 Å². The lowest BCUT2D eigenvalue weighted by molar-refractivity contribution is -0.117. The first-order chi connectivity index (χ1) is 12.7. The first-order valence-electron chi connectivity index (χ1n) is 8.43. The van der Waals surface area contributed by atoms with Crippen LogP contribution in [0.15, 0.2) is 79.1 Å². The average Bonchev–Trinajstić information content (AvgIpc) is 2.68. The second-order valence-electron chi connectivity index (χ2n) is 5.96. The van der Waals surface area contributed by atoms with Crippen LogP contribution in [0.25, 0.3) is 0 Å². The summed E-state index contributed by atoms with van der Waals surface area (Å²) in [6.45, 7) is 0.499. The van der Waals surface area contributed by atoms with Gasteiger partial charge in [-0.2, -0.15) is 0 Å². The molecule has 5 heteroatoms. The van der Waals surface area contributed by atoms with Crippen molar-refractivity contribution in [1.29, 1.82) is 0 Å². The molecule has 0 aliphatic heterocycles. The van der Waals surface area contributed by atoms with E-state index >= 15 is 0 Å². The molecule has 1 unspecified atom stereocenters. The van der Waals surface area contributed by atoms with Gasteiger partial charge in [-0.15, -0.1) is 0 Å². The van der Waals surface area contributed by atoms with E-state index in [-0.39, 0.29) is 5.91 Å². The van der Waals surface area contributed by atoms with Gasteiger partial charge in [-0.3, -0.25) is 9.78 Å². The molecule has 3 N–H and O–H groups in total. The molecule has 132 valence electrons. The van der Waals surface area contributed by atoms with Gasteiger partial charge in [-0.05, 0) is 41.8 Å². The lowest BCUT2D eigenvalue weighted by Gasteiger charge is -2.13. The fourth-order valence-electron chi connectivity index (χ4n) is 2.52. The highest BCUT2D eigenvalue weighted by Crippen LogP contribution is 2.16. The van der Waals surface area contributed by atoms with E-state index in [0.717, 1.165) is 16.9 Å². The third kappa shape index (κ3) is 5.16. The molecule has 1 heterocycles. The van der Waals surface area contributed by atoms with Crippen LogP contribution < -0.4 is 15.8 Å². The first kappa shape index (κ1) is 17.6. The molecule has 1 aromatic heterocycles. The zero-order valence-corrected chi connectivity index (χ0v) is 14.3.